The smallest absolute Gasteiger partial charge is 0.0497 e. The predicted octanol–water partition coefficient (Wildman–Crippen LogP) is 6.39. The second kappa shape index (κ2) is 4.19. The van der Waals surface area contributed by atoms with Crippen LogP contribution in [0.2, 0.25) is 0 Å². The van der Waals surface area contributed by atoms with E-state index in [9.17, 15) is 0 Å². The Morgan fingerprint density at radius 2 is 1.71 bits per heavy atom. The Bertz CT molecular complexity index is 1030. The molecule has 0 unspecified atom stereocenters. The van der Waals surface area contributed by atoms with Gasteiger partial charge in [-0.3, -0.25) is 0 Å². The zero-order valence-electron chi connectivity index (χ0n) is 11.2. The Morgan fingerprint density at radius 3 is 2.67 bits per heavy atom. The molecule has 2 heteroatoms. The van der Waals surface area contributed by atoms with Gasteiger partial charge in [-0.05, 0) is 62.8 Å². The van der Waals surface area contributed by atoms with Crippen molar-refractivity contribution in [2.75, 3.05) is 0 Å². The molecule has 0 amide bonds. The normalized spacial score (nSPS) is 12.8. The number of fused-ring (bicyclic) bond motifs is 6. The van der Waals surface area contributed by atoms with Crippen molar-refractivity contribution in [1.29, 1.82) is 0 Å². The third kappa shape index (κ3) is 1.60. The molecule has 0 spiro atoms. The molecule has 0 saturated carbocycles. The summed E-state index contributed by atoms with van der Waals surface area (Å²) in [6, 6.07) is 20.0. The molecule has 21 heavy (non-hydrogen) atoms. The lowest BCUT2D eigenvalue weighted by Crippen LogP contribution is -1.78. The maximum absolute atomic E-state index is 3.68. The molecule has 1 aromatic heterocycles. The van der Waals surface area contributed by atoms with Crippen molar-refractivity contribution in [3.05, 3.63) is 70.2 Å². The minimum Gasteiger partial charge on any atom is -0.134 e. The molecule has 100 valence electrons. The van der Waals surface area contributed by atoms with E-state index >= 15 is 0 Å². The summed E-state index contributed by atoms with van der Waals surface area (Å²) in [5, 5.41) is 2.74. The molecule has 0 N–H and O–H groups in total. The van der Waals surface area contributed by atoms with Crippen LogP contribution in [-0.2, 0) is 6.42 Å². The van der Waals surface area contributed by atoms with Gasteiger partial charge in [0.1, 0.15) is 0 Å². The van der Waals surface area contributed by atoms with Crippen LogP contribution in [0.4, 0.5) is 0 Å². The number of hydrogen-bond donors (Lipinski definition) is 0. The number of halogens is 1. The van der Waals surface area contributed by atoms with Gasteiger partial charge < -0.3 is 0 Å². The van der Waals surface area contributed by atoms with E-state index in [-0.39, 0.29) is 0 Å². The second-order valence-electron chi connectivity index (χ2n) is 5.56. The summed E-state index contributed by atoms with van der Waals surface area (Å²) in [5.41, 5.74) is 5.74. The van der Waals surface area contributed by atoms with E-state index < -0.39 is 0 Å². The highest BCUT2D eigenvalue weighted by atomic mass is 79.9. The Hall–Kier alpha value is -1.64. The van der Waals surface area contributed by atoms with Crippen molar-refractivity contribution in [1.82, 2.24) is 0 Å². The zero-order valence-corrected chi connectivity index (χ0v) is 13.6. The standard InChI is InChI=1S/C19H11BrS/c20-17-7-3-6-14-16-10-15-12(9-18(16)21-19(14)17)8-11-4-1-2-5-13(11)15/h1-7,9-10H,8H2. The Balaban J connectivity index is 1.91. The van der Waals surface area contributed by atoms with Crippen molar-refractivity contribution < 1.29 is 0 Å². The second-order valence-corrected chi connectivity index (χ2v) is 7.46. The predicted molar refractivity (Wildman–Crippen MR) is 95.3 cm³/mol. The topological polar surface area (TPSA) is 0 Å². The van der Waals surface area contributed by atoms with Crippen LogP contribution in [0.15, 0.2) is 59.1 Å². The van der Waals surface area contributed by atoms with Crippen molar-refractivity contribution in [3.63, 3.8) is 0 Å². The Kier molecular flexibility index (Phi) is 2.38. The van der Waals surface area contributed by atoms with Crippen LogP contribution in [0.5, 0.6) is 0 Å². The molecule has 0 fully saturated rings. The van der Waals surface area contributed by atoms with Gasteiger partial charge in [0, 0.05) is 24.6 Å². The van der Waals surface area contributed by atoms with E-state index in [0.717, 1.165) is 6.42 Å². The number of benzene rings is 3. The lowest BCUT2D eigenvalue weighted by molar-refractivity contribution is 1.27. The lowest BCUT2D eigenvalue weighted by Gasteiger charge is -2.01. The summed E-state index contributed by atoms with van der Waals surface area (Å²) in [5.74, 6) is 0. The summed E-state index contributed by atoms with van der Waals surface area (Å²) in [6.45, 7) is 0. The summed E-state index contributed by atoms with van der Waals surface area (Å²) in [6.07, 6.45) is 1.07. The van der Waals surface area contributed by atoms with Crippen LogP contribution in [0.1, 0.15) is 11.1 Å². The average molecular weight is 351 g/mol. The third-order valence-electron chi connectivity index (χ3n) is 4.36. The van der Waals surface area contributed by atoms with Crippen molar-refractivity contribution in [2.24, 2.45) is 0 Å². The van der Waals surface area contributed by atoms with E-state index in [2.05, 4.69) is 70.5 Å². The molecular formula is C19H11BrS. The van der Waals surface area contributed by atoms with Crippen LogP contribution >= 0.6 is 27.3 Å². The van der Waals surface area contributed by atoms with Gasteiger partial charge in [0.25, 0.3) is 0 Å². The summed E-state index contributed by atoms with van der Waals surface area (Å²) in [7, 11) is 0. The molecule has 0 atom stereocenters. The van der Waals surface area contributed by atoms with Gasteiger partial charge in [0.15, 0.2) is 0 Å². The fourth-order valence-corrected chi connectivity index (χ4v) is 5.15. The highest BCUT2D eigenvalue weighted by Gasteiger charge is 2.20. The average Bonchev–Trinajstić information content (AvgIpc) is 3.04. The molecule has 3 aromatic carbocycles. The highest BCUT2D eigenvalue weighted by Crippen LogP contribution is 2.44. The third-order valence-corrected chi connectivity index (χ3v) is 6.49. The maximum atomic E-state index is 3.68. The van der Waals surface area contributed by atoms with Gasteiger partial charge in [-0.25, -0.2) is 0 Å². The number of rotatable bonds is 0. The number of hydrogen-bond acceptors (Lipinski definition) is 1. The van der Waals surface area contributed by atoms with Crippen molar-refractivity contribution >= 4 is 47.4 Å². The molecule has 5 rings (SSSR count). The summed E-state index contributed by atoms with van der Waals surface area (Å²) < 4.78 is 3.94. The van der Waals surface area contributed by atoms with Crippen molar-refractivity contribution in [2.45, 2.75) is 6.42 Å². The Morgan fingerprint density at radius 1 is 0.810 bits per heavy atom. The van der Waals surface area contributed by atoms with E-state index in [4.69, 9.17) is 0 Å². The monoisotopic (exact) mass is 350 g/mol. The van der Waals surface area contributed by atoms with E-state index in [1.807, 2.05) is 11.3 Å². The zero-order chi connectivity index (χ0) is 14.0. The quantitative estimate of drug-likeness (QED) is 0.303. The first-order valence-electron chi connectivity index (χ1n) is 7.03. The molecule has 0 radical (unpaired) electrons. The maximum Gasteiger partial charge on any atom is 0.0497 e. The van der Waals surface area contributed by atoms with Crippen LogP contribution in [-0.4, -0.2) is 0 Å². The van der Waals surface area contributed by atoms with Gasteiger partial charge >= 0.3 is 0 Å². The fraction of sp³-hybridized carbons (Fsp3) is 0.0526. The van der Waals surface area contributed by atoms with Gasteiger partial charge in [-0.15, -0.1) is 11.3 Å². The highest BCUT2D eigenvalue weighted by molar-refractivity contribution is 9.10. The molecule has 1 aliphatic rings. The molecule has 4 aromatic rings. The van der Waals surface area contributed by atoms with E-state index in [1.165, 1.54) is 46.9 Å². The van der Waals surface area contributed by atoms with E-state index in [1.54, 1.807) is 0 Å². The molecular weight excluding hydrogens is 340 g/mol. The van der Waals surface area contributed by atoms with Crippen LogP contribution < -0.4 is 0 Å². The molecule has 0 bridgehead atoms. The van der Waals surface area contributed by atoms with Crippen LogP contribution in [0.3, 0.4) is 0 Å². The molecule has 0 saturated heterocycles. The van der Waals surface area contributed by atoms with Crippen LogP contribution in [0.25, 0.3) is 31.3 Å². The van der Waals surface area contributed by atoms with E-state index in [0.29, 0.717) is 0 Å². The minimum absolute atomic E-state index is 1.07. The van der Waals surface area contributed by atoms with Crippen molar-refractivity contribution in [3.8, 4) is 11.1 Å². The molecule has 0 nitrogen and oxygen atoms in total. The molecule has 0 aliphatic heterocycles. The number of thiophene rings is 1. The lowest BCUT2D eigenvalue weighted by atomic mass is 10.0. The molecule has 1 heterocycles. The SMILES string of the molecule is Brc1cccc2c1sc1cc3c(cc12)-c1ccccc1C3. The fourth-order valence-electron chi connectivity index (χ4n) is 3.39. The van der Waals surface area contributed by atoms with Gasteiger partial charge in [-0.1, -0.05) is 36.4 Å². The first-order chi connectivity index (χ1) is 10.3. The van der Waals surface area contributed by atoms with Gasteiger partial charge in [0.2, 0.25) is 0 Å². The van der Waals surface area contributed by atoms with Crippen LogP contribution in [0, 0.1) is 0 Å². The Labute approximate surface area is 135 Å². The first kappa shape index (κ1) is 12.0. The molecule has 1 aliphatic carbocycles. The van der Waals surface area contributed by atoms with Gasteiger partial charge in [-0.2, -0.15) is 0 Å². The minimum atomic E-state index is 1.07. The summed E-state index contributed by atoms with van der Waals surface area (Å²) in [4.78, 5) is 0. The first-order valence-corrected chi connectivity index (χ1v) is 8.64. The summed E-state index contributed by atoms with van der Waals surface area (Å²) >= 11 is 5.57. The van der Waals surface area contributed by atoms with Gasteiger partial charge in [0.05, 0.1) is 0 Å². The largest absolute Gasteiger partial charge is 0.134 e.